The van der Waals surface area contributed by atoms with Crippen molar-refractivity contribution in [2.45, 2.75) is 39.7 Å². The van der Waals surface area contributed by atoms with Crippen molar-refractivity contribution in [3.63, 3.8) is 0 Å². The number of hydrogen-bond donors (Lipinski definition) is 0. The normalized spacial score (nSPS) is 20.0. The molecule has 25 heavy (non-hydrogen) atoms. The van der Waals surface area contributed by atoms with E-state index in [-0.39, 0.29) is 17.3 Å². The van der Waals surface area contributed by atoms with Gasteiger partial charge < -0.3 is 14.5 Å². The first-order valence-corrected chi connectivity index (χ1v) is 9.18. The number of carbonyl (C=O) groups is 2. The molecule has 0 unspecified atom stereocenters. The van der Waals surface area contributed by atoms with Crippen LogP contribution in [0.25, 0.3) is 0 Å². The number of fused-ring (bicyclic) bond motifs is 1. The minimum Gasteiger partial charge on any atom is -0.465 e. The van der Waals surface area contributed by atoms with Crippen LogP contribution in [0.3, 0.4) is 0 Å². The van der Waals surface area contributed by atoms with E-state index in [1.54, 1.807) is 6.07 Å². The molecule has 0 bridgehead atoms. The highest BCUT2D eigenvalue weighted by molar-refractivity contribution is 5.89. The van der Waals surface area contributed by atoms with Crippen LogP contribution in [-0.4, -0.2) is 55.0 Å². The molecule has 2 aliphatic rings. The van der Waals surface area contributed by atoms with Crippen molar-refractivity contribution in [2.75, 3.05) is 33.3 Å². The van der Waals surface area contributed by atoms with E-state index in [1.165, 1.54) is 7.11 Å². The van der Waals surface area contributed by atoms with Crippen molar-refractivity contribution >= 4 is 11.9 Å². The molecular weight excluding hydrogens is 316 g/mol. The van der Waals surface area contributed by atoms with E-state index in [0.29, 0.717) is 12.1 Å². The van der Waals surface area contributed by atoms with Crippen LogP contribution >= 0.6 is 0 Å². The van der Waals surface area contributed by atoms with Crippen LogP contribution in [0.15, 0.2) is 18.2 Å². The van der Waals surface area contributed by atoms with Crippen LogP contribution in [0.4, 0.5) is 0 Å². The number of methoxy groups -OCH3 is 1. The molecule has 1 saturated heterocycles. The van der Waals surface area contributed by atoms with Gasteiger partial charge in [-0.15, -0.1) is 0 Å². The molecule has 3 rings (SSSR count). The van der Waals surface area contributed by atoms with Gasteiger partial charge in [0, 0.05) is 18.5 Å². The van der Waals surface area contributed by atoms with Gasteiger partial charge in [-0.1, -0.05) is 19.9 Å². The molecule has 1 aromatic rings. The summed E-state index contributed by atoms with van der Waals surface area (Å²) in [6.07, 6.45) is 2.66. The van der Waals surface area contributed by atoms with Gasteiger partial charge in [0.05, 0.1) is 12.7 Å². The molecule has 1 fully saturated rings. The number of likely N-dealkylation sites (tertiary alicyclic amines) is 1. The number of hydrogen-bond acceptors (Lipinski definition) is 4. The Labute approximate surface area is 149 Å². The Kier molecular flexibility index (Phi) is 5.13. The fourth-order valence-corrected chi connectivity index (χ4v) is 3.93. The lowest BCUT2D eigenvalue weighted by Gasteiger charge is -2.42. The molecular formula is C20H28N2O3. The third kappa shape index (κ3) is 3.56. The molecule has 0 aromatic heterocycles. The van der Waals surface area contributed by atoms with E-state index >= 15 is 0 Å². The SMILES string of the molecule is CCN1CCC(C)(C(=O)N2CCc3cc(C(=O)OC)ccc3C2)CC1. The summed E-state index contributed by atoms with van der Waals surface area (Å²) in [7, 11) is 1.40. The highest BCUT2D eigenvalue weighted by Gasteiger charge is 2.40. The highest BCUT2D eigenvalue weighted by atomic mass is 16.5. The van der Waals surface area contributed by atoms with Gasteiger partial charge in [0.2, 0.25) is 5.91 Å². The number of ether oxygens (including phenoxy) is 1. The van der Waals surface area contributed by atoms with Gasteiger partial charge in [0.25, 0.3) is 0 Å². The third-order valence-corrected chi connectivity index (χ3v) is 5.85. The first kappa shape index (κ1) is 17.9. The number of rotatable bonds is 3. The maximum absolute atomic E-state index is 13.1. The molecule has 2 aliphatic heterocycles. The van der Waals surface area contributed by atoms with E-state index in [1.807, 2.05) is 17.0 Å². The first-order valence-electron chi connectivity index (χ1n) is 9.18. The Balaban J connectivity index is 1.70. The number of piperidine rings is 1. The number of carbonyl (C=O) groups excluding carboxylic acids is 2. The maximum atomic E-state index is 13.1. The summed E-state index contributed by atoms with van der Waals surface area (Å²) in [5.41, 5.74) is 2.63. The van der Waals surface area contributed by atoms with Crippen molar-refractivity contribution in [1.82, 2.24) is 9.80 Å². The fourth-order valence-electron chi connectivity index (χ4n) is 3.93. The van der Waals surface area contributed by atoms with Gasteiger partial charge in [-0.25, -0.2) is 4.79 Å². The van der Waals surface area contributed by atoms with Gasteiger partial charge >= 0.3 is 5.97 Å². The van der Waals surface area contributed by atoms with Crippen LogP contribution in [-0.2, 0) is 22.5 Å². The zero-order valence-corrected chi connectivity index (χ0v) is 15.5. The zero-order chi connectivity index (χ0) is 18.0. The smallest absolute Gasteiger partial charge is 0.337 e. The molecule has 0 saturated carbocycles. The minimum absolute atomic E-state index is 0.241. The Morgan fingerprint density at radius 1 is 1.16 bits per heavy atom. The molecule has 1 amide bonds. The fraction of sp³-hybridized carbons (Fsp3) is 0.600. The standard InChI is InChI=1S/C20H28N2O3/c1-4-21-11-8-20(2,9-12-21)19(24)22-10-7-15-13-16(18(23)25-3)5-6-17(15)14-22/h5-6,13H,4,7-12,14H2,1-3H3. The lowest BCUT2D eigenvalue weighted by atomic mass is 9.78. The van der Waals surface area contributed by atoms with Crippen molar-refractivity contribution in [3.8, 4) is 0 Å². The lowest BCUT2D eigenvalue weighted by molar-refractivity contribution is -0.145. The number of benzene rings is 1. The summed E-state index contributed by atoms with van der Waals surface area (Å²) >= 11 is 0. The van der Waals surface area contributed by atoms with E-state index < -0.39 is 0 Å². The molecule has 5 heteroatoms. The Bertz CT molecular complexity index is 663. The molecule has 0 radical (unpaired) electrons. The summed E-state index contributed by atoms with van der Waals surface area (Å²) in [6, 6.07) is 5.66. The van der Waals surface area contributed by atoms with Gasteiger partial charge in [0.15, 0.2) is 0 Å². The second-order valence-electron chi connectivity index (χ2n) is 7.45. The average Bonchev–Trinajstić information content (AvgIpc) is 2.66. The molecule has 1 aromatic carbocycles. The predicted molar refractivity (Wildman–Crippen MR) is 96.4 cm³/mol. The van der Waals surface area contributed by atoms with Crippen LogP contribution in [0.2, 0.25) is 0 Å². The van der Waals surface area contributed by atoms with Gasteiger partial charge in [0.1, 0.15) is 0 Å². The summed E-state index contributed by atoms with van der Waals surface area (Å²) in [6.45, 7) is 8.74. The second kappa shape index (κ2) is 7.16. The van der Waals surface area contributed by atoms with Gasteiger partial charge in [-0.2, -0.15) is 0 Å². The van der Waals surface area contributed by atoms with Crippen molar-refractivity contribution in [3.05, 3.63) is 34.9 Å². The Morgan fingerprint density at radius 3 is 2.52 bits per heavy atom. The highest BCUT2D eigenvalue weighted by Crippen LogP contribution is 2.34. The average molecular weight is 344 g/mol. The van der Waals surface area contributed by atoms with Crippen molar-refractivity contribution in [1.29, 1.82) is 0 Å². The monoisotopic (exact) mass is 344 g/mol. The molecule has 0 aliphatic carbocycles. The van der Waals surface area contributed by atoms with Crippen molar-refractivity contribution < 1.29 is 14.3 Å². The third-order valence-electron chi connectivity index (χ3n) is 5.85. The number of esters is 1. The summed E-state index contributed by atoms with van der Waals surface area (Å²) in [5.74, 6) is -0.0255. The van der Waals surface area contributed by atoms with Crippen LogP contribution in [0.1, 0.15) is 48.2 Å². The van der Waals surface area contributed by atoms with Gasteiger partial charge in [-0.3, -0.25) is 4.79 Å². The second-order valence-corrected chi connectivity index (χ2v) is 7.45. The quantitative estimate of drug-likeness (QED) is 0.791. The maximum Gasteiger partial charge on any atom is 0.337 e. The Hall–Kier alpha value is -1.88. The lowest BCUT2D eigenvalue weighted by Crippen LogP contribution is -2.49. The molecule has 2 heterocycles. The van der Waals surface area contributed by atoms with Crippen LogP contribution in [0.5, 0.6) is 0 Å². The largest absolute Gasteiger partial charge is 0.465 e. The van der Waals surface area contributed by atoms with E-state index in [0.717, 1.165) is 56.6 Å². The van der Waals surface area contributed by atoms with E-state index in [2.05, 4.69) is 18.7 Å². The van der Waals surface area contributed by atoms with Crippen LogP contribution < -0.4 is 0 Å². The van der Waals surface area contributed by atoms with Gasteiger partial charge in [-0.05, 0) is 62.2 Å². The topological polar surface area (TPSA) is 49.9 Å². The zero-order valence-electron chi connectivity index (χ0n) is 15.5. The van der Waals surface area contributed by atoms with Crippen molar-refractivity contribution in [2.24, 2.45) is 5.41 Å². The molecule has 136 valence electrons. The summed E-state index contributed by atoms with van der Waals surface area (Å²) < 4.78 is 4.79. The molecule has 0 atom stereocenters. The van der Waals surface area contributed by atoms with E-state index in [4.69, 9.17) is 4.74 Å². The summed E-state index contributed by atoms with van der Waals surface area (Å²) in [4.78, 5) is 29.2. The minimum atomic E-state index is -0.309. The molecule has 5 nitrogen and oxygen atoms in total. The van der Waals surface area contributed by atoms with Crippen LogP contribution in [0, 0.1) is 5.41 Å². The molecule has 0 spiro atoms. The Morgan fingerprint density at radius 2 is 1.88 bits per heavy atom. The number of amides is 1. The molecule has 0 N–H and O–H groups in total. The van der Waals surface area contributed by atoms with E-state index in [9.17, 15) is 9.59 Å². The number of nitrogens with zero attached hydrogens (tertiary/aromatic N) is 2. The first-order chi connectivity index (χ1) is 12.0. The predicted octanol–water partition coefficient (Wildman–Crippen LogP) is 2.48. The summed E-state index contributed by atoms with van der Waals surface area (Å²) in [5, 5.41) is 0.